The van der Waals surface area contributed by atoms with Crippen LogP contribution in [0.5, 0.6) is 5.75 Å². The highest BCUT2D eigenvalue weighted by atomic mass is 16.5. The molecule has 2 heterocycles. The van der Waals surface area contributed by atoms with Gasteiger partial charge in [-0.1, -0.05) is 32.4 Å². The van der Waals surface area contributed by atoms with Crippen LogP contribution in [0.4, 0.5) is 0 Å². The zero-order valence-electron chi connectivity index (χ0n) is 26.5. The van der Waals surface area contributed by atoms with Gasteiger partial charge in [0.1, 0.15) is 35.8 Å². The number of aliphatic carboxylic acids is 2. The molecule has 0 spiro atoms. The molecule has 0 fully saturated rings. The summed E-state index contributed by atoms with van der Waals surface area (Å²) in [5.74, 6) is -0.735. The molecule has 0 saturated carbocycles. The van der Waals surface area contributed by atoms with Crippen molar-refractivity contribution in [1.29, 1.82) is 0 Å². The Bertz CT molecular complexity index is 1480. The number of nitrogens with two attached hydrogens (primary N) is 3. The summed E-state index contributed by atoms with van der Waals surface area (Å²) in [6.45, 7) is 7.29. The molecule has 248 valence electrons. The molecule has 2 aromatic heterocycles. The van der Waals surface area contributed by atoms with E-state index in [1.807, 2.05) is 6.92 Å². The van der Waals surface area contributed by atoms with Crippen molar-refractivity contribution in [2.75, 3.05) is 19.8 Å². The monoisotopic (exact) mass is 630 g/mol. The van der Waals surface area contributed by atoms with Crippen molar-refractivity contribution in [3.63, 3.8) is 0 Å². The molecule has 15 heteroatoms. The van der Waals surface area contributed by atoms with E-state index in [0.29, 0.717) is 68.2 Å². The van der Waals surface area contributed by atoms with Gasteiger partial charge in [0.05, 0.1) is 24.8 Å². The van der Waals surface area contributed by atoms with Crippen molar-refractivity contribution < 1.29 is 34.3 Å². The predicted molar refractivity (Wildman–Crippen MR) is 166 cm³/mol. The van der Waals surface area contributed by atoms with Crippen LogP contribution in [-0.2, 0) is 47.2 Å². The number of hydrogen-bond donors (Lipinski definition) is 5. The fourth-order valence-electron chi connectivity index (χ4n) is 4.55. The molecule has 0 bridgehead atoms. The van der Waals surface area contributed by atoms with Crippen molar-refractivity contribution in [2.45, 2.75) is 78.0 Å². The minimum Gasteiger partial charge on any atom is -0.547 e. The van der Waals surface area contributed by atoms with Crippen LogP contribution in [0.15, 0.2) is 29.1 Å². The number of nitrogens with one attached hydrogen (secondary N) is 1. The van der Waals surface area contributed by atoms with Gasteiger partial charge in [0.15, 0.2) is 5.52 Å². The number of fused-ring (bicyclic) bond motifs is 1. The minimum atomic E-state index is -1.23. The Balaban J connectivity index is 0.000000498. The number of ether oxygens (including phenoxy) is 2. The maximum absolute atomic E-state index is 13.2. The topological polar surface area (TPSA) is 241 Å². The van der Waals surface area contributed by atoms with Gasteiger partial charge in [0.25, 0.3) is 5.56 Å². The second-order valence-corrected chi connectivity index (χ2v) is 10.3. The molecule has 15 nitrogen and oxygen atoms in total. The van der Waals surface area contributed by atoms with E-state index in [1.54, 1.807) is 47.5 Å². The number of benzene rings is 1. The van der Waals surface area contributed by atoms with Crippen molar-refractivity contribution in [2.24, 2.45) is 24.2 Å². The van der Waals surface area contributed by atoms with Crippen LogP contribution in [0, 0.1) is 0 Å². The number of carbonyl (C=O) groups is 2. The molecule has 0 aliphatic carbocycles. The zero-order valence-corrected chi connectivity index (χ0v) is 26.5. The standard InChI is InChI=1S/C24H32N4O5.C6H14N4O2/c1-5-8-18-21-22(27(4)26-18)23(29)28(20(6-2)25-21)13-14-33-17-11-9-16(10-12-17)15-19(24(30)31)32-7-3;7-4(5(11)12)2-1-3-10-6(8)9/h9-12,19H,5-8,13-15H2,1-4H3,(H,30,31);4H,1-3,7H2,(H,11,12)(H4,8,9,10)/t19-;4-/m00/s1. The lowest BCUT2D eigenvalue weighted by atomic mass is 10.1. The fourth-order valence-corrected chi connectivity index (χ4v) is 4.55. The van der Waals surface area contributed by atoms with Gasteiger partial charge in [-0.3, -0.25) is 35.3 Å². The molecule has 3 rings (SSSR count). The number of aryl methyl sites for hydroxylation is 3. The van der Waals surface area contributed by atoms with Gasteiger partial charge in [-0.25, -0.2) is 4.98 Å². The number of aromatic nitrogens is 4. The average Bonchev–Trinajstić information content (AvgIpc) is 3.31. The van der Waals surface area contributed by atoms with Crippen molar-refractivity contribution in [1.82, 2.24) is 19.3 Å². The highest BCUT2D eigenvalue weighted by Gasteiger charge is 2.18. The number of rotatable bonds is 17. The van der Waals surface area contributed by atoms with Gasteiger partial charge in [-0.2, -0.15) is 5.10 Å². The Hall–Kier alpha value is -4.50. The summed E-state index contributed by atoms with van der Waals surface area (Å²) < 4.78 is 14.3. The maximum atomic E-state index is 13.2. The molecule has 0 aliphatic heterocycles. The Kier molecular flexibility index (Phi) is 15.0. The third kappa shape index (κ3) is 11.2. The number of carboxylic acids is 2. The van der Waals surface area contributed by atoms with Gasteiger partial charge < -0.3 is 30.2 Å². The van der Waals surface area contributed by atoms with E-state index in [2.05, 4.69) is 17.0 Å². The number of guanidine groups is 1. The first-order valence-electron chi connectivity index (χ1n) is 15.0. The first-order valence-corrected chi connectivity index (χ1v) is 15.0. The maximum Gasteiger partial charge on any atom is 0.338 e. The molecule has 1 aromatic carbocycles. The average molecular weight is 631 g/mol. The molecule has 0 unspecified atom stereocenters. The Morgan fingerprint density at radius 2 is 1.84 bits per heavy atom. The first-order chi connectivity index (χ1) is 21.4. The summed E-state index contributed by atoms with van der Waals surface area (Å²) in [5.41, 5.74) is 18.2. The smallest absolute Gasteiger partial charge is 0.338 e. The Labute approximate surface area is 262 Å². The molecule has 2 atom stereocenters. The SMILES string of the molecule is CCCc1nn(C)c2c(=O)n(CCOc3ccc(C[C@H](OCC)C(=O)[O-])cc3)c(CC)nc12.NC(N)=[NH+]CCC[C@H](N)C(=O)O. The van der Waals surface area contributed by atoms with Crippen molar-refractivity contribution in [3.05, 3.63) is 51.7 Å². The second kappa shape index (κ2) is 18.3. The summed E-state index contributed by atoms with van der Waals surface area (Å²) in [5, 5.41) is 24.0. The lowest BCUT2D eigenvalue weighted by Gasteiger charge is -2.18. The largest absolute Gasteiger partial charge is 0.547 e. The third-order valence-corrected chi connectivity index (χ3v) is 6.79. The molecular formula is C30H46N8O7. The van der Waals surface area contributed by atoms with Crippen LogP contribution in [0.3, 0.4) is 0 Å². The third-order valence-electron chi connectivity index (χ3n) is 6.79. The van der Waals surface area contributed by atoms with E-state index in [9.17, 15) is 19.5 Å². The van der Waals surface area contributed by atoms with Crippen LogP contribution in [0.2, 0.25) is 0 Å². The first kappa shape index (κ1) is 36.7. The lowest BCUT2D eigenvalue weighted by Crippen LogP contribution is -2.78. The number of carbonyl (C=O) groups excluding carboxylic acids is 1. The van der Waals surface area contributed by atoms with E-state index in [0.717, 1.165) is 24.1 Å². The van der Waals surface area contributed by atoms with Crippen LogP contribution in [0.25, 0.3) is 11.0 Å². The molecular weight excluding hydrogens is 584 g/mol. The number of carboxylic acid groups (broad SMARTS) is 2. The van der Waals surface area contributed by atoms with Crippen LogP contribution < -0.4 is 37.6 Å². The van der Waals surface area contributed by atoms with E-state index < -0.39 is 24.1 Å². The molecule has 3 aromatic rings. The van der Waals surface area contributed by atoms with Crippen LogP contribution in [-0.4, -0.2) is 74.2 Å². The number of hydrogen-bond acceptors (Lipinski definition) is 9. The van der Waals surface area contributed by atoms with E-state index in [4.69, 9.17) is 36.8 Å². The van der Waals surface area contributed by atoms with Crippen molar-refractivity contribution in [3.8, 4) is 5.75 Å². The second-order valence-electron chi connectivity index (χ2n) is 10.3. The minimum absolute atomic E-state index is 0.114. The molecule has 45 heavy (non-hydrogen) atoms. The predicted octanol–water partition coefficient (Wildman–Crippen LogP) is -2.05. The number of nitrogens with zero attached hydrogens (tertiary/aromatic N) is 4. The van der Waals surface area contributed by atoms with Gasteiger partial charge in [-0.05, 0) is 43.9 Å². The summed E-state index contributed by atoms with van der Waals surface area (Å²) >= 11 is 0. The highest BCUT2D eigenvalue weighted by molar-refractivity contribution is 5.76. The molecule has 0 aliphatic rings. The quantitative estimate of drug-likeness (QED) is 0.0615. The summed E-state index contributed by atoms with van der Waals surface area (Å²) in [6.07, 6.45) is 2.63. The van der Waals surface area contributed by atoms with E-state index in [1.165, 1.54) is 0 Å². The van der Waals surface area contributed by atoms with Gasteiger partial charge in [0, 0.05) is 26.5 Å². The van der Waals surface area contributed by atoms with E-state index >= 15 is 0 Å². The Morgan fingerprint density at radius 3 is 2.40 bits per heavy atom. The van der Waals surface area contributed by atoms with Crippen molar-refractivity contribution >= 4 is 28.9 Å². The highest BCUT2D eigenvalue weighted by Crippen LogP contribution is 2.17. The normalized spacial score (nSPS) is 12.2. The van der Waals surface area contributed by atoms with Gasteiger partial charge in [-0.15, -0.1) is 0 Å². The summed E-state index contributed by atoms with van der Waals surface area (Å²) in [6, 6.07) is 6.34. The van der Waals surface area contributed by atoms with Crippen LogP contribution >= 0.6 is 0 Å². The molecule has 0 saturated heterocycles. The zero-order chi connectivity index (χ0) is 33.5. The van der Waals surface area contributed by atoms with Gasteiger partial charge >= 0.3 is 11.9 Å². The Morgan fingerprint density at radius 1 is 1.16 bits per heavy atom. The molecule has 0 radical (unpaired) electrons. The molecule has 8 N–H and O–H groups in total. The summed E-state index contributed by atoms with van der Waals surface area (Å²) in [7, 11) is 1.77. The van der Waals surface area contributed by atoms with Crippen LogP contribution in [0.1, 0.15) is 57.1 Å². The molecule has 0 amide bonds. The lowest BCUT2D eigenvalue weighted by molar-refractivity contribution is -0.459. The van der Waals surface area contributed by atoms with E-state index in [-0.39, 0.29) is 17.9 Å². The van der Waals surface area contributed by atoms with Gasteiger partial charge in [0.2, 0.25) is 0 Å². The fraction of sp³-hybridized carbons (Fsp3) is 0.533. The summed E-state index contributed by atoms with van der Waals surface area (Å²) in [4.78, 5) is 42.0.